The summed E-state index contributed by atoms with van der Waals surface area (Å²) in [6.07, 6.45) is 7.85. The van der Waals surface area contributed by atoms with Gasteiger partial charge in [-0.1, -0.05) is 0 Å². The first-order valence-electron chi connectivity index (χ1n) is 5.40. The van der Waals surface area contributed by atoms with Crippen LogP contribution in [0, 0.1) is 0 Å². The number of rotatable bonds is 5. The van der Waals surface area contributed by atoms with Crippen molar-refractivity contribution in [3.8, 4) is 10.6 Å². The predicted molar refractivity (Wildman–Crippen MR) is 67.6 cm³/mol. The lowest BCUT2D eigenvalue weighted by atomic mass is 10.3. The van der Waals surface area contributed by atoms with E-state index in [9.17, 15) is 0 Å². The molecule has 0 saturated carbocycles. The molecular weight excluding hydrogens is 218 g/mol. The van der Waals surface area contributed by atoms with Gasteiger partial charge < -0.3 is 5.32 Å². The van der Waals surface area contributed by atoms with Crippen LogP contribution in [0.1, 0.15) is 11.3 Å². The molecule has 0 aromatic carbocycles. The quantitative estimate of drug-likeness (QED) is 0.806. The van der Waals surface area contributed by atoms with Crippen molar-refractivity contribution >= 4 is 11.3 Å². The van der Waals surface area contributed by atoms with Crippen molar-refractivity contribution in [2.75, 3.05) is 13.6 Å². The Balaban J connectivity index is 2.02. The summed E-state index contributed by atoms with van der Waals surface area (Å²) in [4.78, 5) is 9.79. The highest BCUT2D eigenvalue weighted by Gasteiger charge is 2.03. The van der Waals surface area contributed by atoms with E-state index >= 15 is 0 Å². The largest absolute Gasteiger partial charge is 0.320 e. The Morgan fingerprint density at radius 3 is 2.88 bits per heavy atom. The van der Waals surface area contributed by atoms with Crippen molar-refractivity contribution in [1.29, 1.82) is 0 Å². The van der Waals surface area contributed by atoms with E-state index in [2.05, 4.69) is 15.3 Å². The summed E-state index contributed by atoms with van der Waals surface area (Å²) in [5, 5.41) is 4.24. The third kappa shape index (κ3) is 2.87. The molecule has 0 bridgehead atoms. The Bertz CT molecular complexity index is 425. The molecule has 0 fully saturated rings. The fraction of sp³-hybridized carbons (Fsp3) is 0.333. The lowest BCUT2D eigenvalue weighted by molar-refractivity contribution is 0.729. The molecule has 0 unspecified atom stereocenters. The Morgan fingerprint density at radius 2 is 2.12 bits per heavy atom. The molecule has 16 heavy (non-hydrogen) atoms. The molecular formula is C12H15N3S. The molecule has 0 atom stereocenters. The number of hydrogen-bond acceptors (Lipinski definition) is 4. The highest BCUT2D eigenvalue weighted by atomic mass is 32.1. The van der Waals surface area contributed by atoms with Crippen LogP contribution in [-0.2, 0) is 6.42 Å². The minimum Gasteiger partial charge on any atom is -0.320 e. The van der Waals surface area contributed by atoms with Gasteiger partial charge in [0.1, 0.15) is 5.01 Å². The van der Waals surface area contributed by atoms with Gasteiger partial charge in [0.25, 0.3) is 0 Å². The summed E-state index contributed by atoms with van der Waals surface area (Å²) in [6, 6.07) is 3.99. The van der Waals surface area contributed by atoms with Gasteiger partial charge in [0.15, 0.2) is 0 Å². The third-order valence-electron chi connectivity index (χ3n) is 2.33. The van der Waals surface area contributed by atoms with Gasteiger partial charge in [0.2, 0.25) is 0 Å². The van der Waals surface area contributed by atoms with Gasteiger partial charge in [-0.25, -0.2) is 4.98 Å². The standard InChI is InChI=1S/C12H15N3S/c1-13-6-2-3-11-9-15-12(16-11)10-4-7-14-8-5-10/h4-5,7-9,13H,2-3,6H2,1H3. The molecule has 2 rings (SSSR count). The first kappa shape index (κ1) is 11.2. The molecule has 84 valence electrons. The van der Waals surface area contributed by atoms with E-state index in [1.807, 2.05) is 25.4 Å². The van der Waals surface area contributed by atoms with E-state index < -0.39 is 0 Å². The van der Waals surface area contributed by atoms with Crippen LogP contribution in [0.4, 0.5) is 0 Å². The van der Waals surface area contributed by atoms with Gasteiger partial charge in [0, 0.05) is 29.0 Å². The zero-order valence-corrected chi connectivity index (χ0v) is 10.1. The van der Waals surface area contributed by atoms with E-state index in [0.29, 0.717) is 0 Å². The highest BCUT2D eigenvalue weighted by molar-refractivity contribution is 7.15. The van der Waals surface area contributed by atoms with Gasteiger partial charge >= 0.3 is 0 Å². The predicted octanol–water partition coefficient (Wildman–Crippen LogP) is 2.36. The Kier molecular flexibility index (Phi) is 4.02. The summed E-state index contributed by atoms with van der Waals surface area (Å²) in [7, 11) is 1.98. The van der Waals surface area contributed by atoms with Crippen LogP contribution in [-0.4, -0.2) is 23.6 Å². The summed E-state index contributed by atoms with van der Waals surface area (Å²) < 4.78 is 0. The van der Waals surface area contributed by atoms with Gasteiger partial charge in [-0.05, 0) is 38.6 Å². The smallest absolute Gasteiger partial charge is 0.123 e. The zero-order valence-electron chi connectivity index (χ0n) is 9.31. The molecule has 2 heterocycles. The average molecular weight is 233 g/mol. The van der Waals surface area contributed by atoms with E-state index in [-0.39, 0.29) is 0 Å². The number of aryl methyl sites for hydroxylation is 1. The maximum absolute atomic E-state index is 4.44. The van der Waals surface area contributed by atoms with Crippen LogP contribution in [0.25, 0.3) is 10.6 Å². The number of nitrogens with one attached hydrogen (secondary N) is 1. The molecule has 0 amide bonds. The van der Waals surface area contributed by atoms with Gasteiger partial charge in [-0.2, -0.15) is 0 Å². The molecule has 0 spiro atoms. The molecule has 0 aliphatic heterocycles. The number of hydrogen-bond donors (Lipinski definition) is 1. The molecule has 4 heteroatoms. The number of pyridine rings is 1. The van der Waals surface area contributed by atoms with Crippen LogP contribution >= 0.6 is 11.3 Å². The molecule has 1 N–H and O–H groups in total. The Labute approximate surface area is 99.6 Å². The first-order valence-corrected chi connectivity index (χ1v) is 6.21. The summed E-state index contributed by atoms with van der Waals surface area (Å²) in [5.74, 6) is 0. The third-order valence-corrected chi connectivity index (χ3v) is 3.44. The van der Waals surface area contributed by atoms with Crippen LogP contribution in [0.5, 0.6) is 0 Å². The van der Waals surface area contributed by atoms with Gasteiger partial charge in [-0.15, -0.1) is 11.3 Å². The van der Waals surface area contributed by atoms with Gasteiger partial charge in [0.05, 0.1) is 0 Å². The average Bonchev–Trinajstić information content (AvgIpc) is 2.79. The molecule has 0 aliphatic carbocycles. The maximum Gasteiger partial charge on any atom is 0.123 e. The molecule has 0 radical (unpaired) electrons. The summed E-state index contributed by atoms with van der Waals surface area (Å²) in [6.45, 7) is 1.06. The molecule has 0 aliphatic rings. The molecule has 2 aromatic heterocycles. The van der Waals surface area contributed by atoms with Crippen molar-refractivity contribution in [3.05, 3.63) is 35.6 Å². The number of nitrogens with zero attached hydrogens (tertiary/aromatic N) is 2. The van der Waals surface area contributed by atoms with Crippen LogP contribution < -0.4 is 5.32 Å². The normalized spacial score (nSPS) is 10.6. The SMILES string of the molecule is CNCCCc1cnc(-c2ccncc2)s1. The molecule has 0 saturated heterocycles. The van der Waals surface area contributed by atoms with Crippen molar-refractivity contribution in [1.82, 2.24) is 15.3 Å². The van der Waals surface area contributed by atoms with Crippen LogP contribution in [0.15, 0.2) is 30.7 Å². The number of aromatic nitrogens is 2. The second-order valence-electron chi connectivity index (χ2n) is 3.57. The fourth-order valence-corrected chi connectivity index (χ4v) is 2.45. The summed E-state index contributed by atoms with van der Waals surface area (Å²) >= 11 is 1.77. The second-order valence-corrected chi connectivity index (χ2v) is 4.69. The van der Waals surface area contributed by atoms with Crippen molar-refractivity contribution in [2.45, 2.75) is 12.8 Å². The van der Waals surface area contributed by atoms with Gasteiger partial charge in [-0.3, -0.25) is 4.98 Å². The fourth-order valence-electron chi connectivity index (χ4n) is 1.49. The minimum atomic E-state index is 1.06. The lowest BCUT2D eigenvalue weighted by Crippen LogP contribution is -2.07. The highest BCUT2D eigenvalue weighted by Crippen LogP contribution is 2.24. The van der Waals surface area contributed by atoms with E-state index in [0.717, 1.165) is 30.0 Å². The Hall–Kier alpha value is -1.26. The maximum atomic E-state index is 4.44. The van der Waals surface area contributed by atoms with E-state index in [1.54, 1.807) is 23.7 Å². The van der Waals surface area contributed by atoms with E-state index in [1.165, 1.54) is 4.88 Å². The monoisotopic (exact) mass is 233 g/mol. The van der Waals surface area contributed by atoms with E-state index in [4.69, 9.17) is 0 Å². The number of thiazole rings is 1. The second kappa shape index (κ2) is 5.72. The molecule has 3 nitrogen and oxygen atoms in total. The van der Waals surface area contributed by atoms with Crippen LogP contribution in [0.2, 0.25) is 0 Å². The topological polar surface area (TPSA) is 37.8 Å². The first-order chi connectivity index (χ1) is 7.90. The molecule has 2 aromatic rings. The summed E-state index contributed by atoms with van der Waals surface area (Å²) in [5.41, 5.74) is 1.15. The lowest BCUT2D eigenvalue weighted by Gasteiger charge is -1.96. The van der Waals surface area contributed by atoms with Crippen LogP contribution in [0.3, 0.4) is 0 Å². The zero-order chi connectivity index (χ0) is 11.2. The minimum absolute atomic E-state index is 1.06. The Morgan fingerprint density at radius 1 is 1.31 bits per heavy atom. The van der Waals surface area contributed by atoms with Crippen molar-refractivity contribution < 1.29 is 0 Å². The van der Waals surface area contributed by atoms with Crippen molar-refractivity contribution in [3.63, 3.8) is 0 Å². The van der Waals surface area contributed by atoms with Crippen molar-refractivity contribution in [2.24, 2.45) is 0 Å².